The lowest BCUT2D eigenvalue weighted by Crippen LogP contribution is -2.05. The second-order valence-electron chi connectivity index (χ2n) is 3.61. The van der Waals surface area contributed by atoms with Crippen molar-refractivity contribution < 1.29 is 23.1 Å². The van der Waals surface area contributed by atoms with E-state index in [1.54, 1.807) is 0 Å². The minimum absolute atomic E-state index is 0.0111. The molecule has 19 heavy (non-hydrogen) atoms. The van der Waals surface area contributed by atoms with Crippen LogP contribution in [0.3, 0.4) is 0 Å². The van der Waals surface area contributed by atoms with Crippen molar-refractivity contribution in [1.82, 2.24) is 0 Å². The summed E-state index contributed by atoms with van der Waals surface area (Å²) in [6, 6.07) is 5.25. The summed E-state index contributed by atoms with van der Waals surface area (Å²) in [6.07, 6.45) is 1.36. The SMILES string of the molecule is COC(=O)c1ccoc1COc1ccc(F)cc1Cl. The molecule has 0 amide bonds. The van der Waals surface area contributed by atoms with Crippen LogP contribution in [0.25, 0.3) is 0 Å². The fourth-order valence-electron chi connectivity index (χ4n) is 1.48. The zero-order chi connectivity index (χ0) is 13.8. The van der Waals surface area contributed by atoms with Gasteiger partial charge < -0.3 is 13.9 Å². The molecule has 100 valence electrons. The fraction of sp³-hybridized carbons (Fsp3) is 0.154. The first-order chi connectivity index (χ1) is 9.11. The highest BCUT2D eigenvalue weighted by Crippen LogP contribution is 2.26. The van der Waals surface area contributed by atoms with Gasteiger partial charge in [-0.05, 0) is 24.3 Å². The third kappa shape index (κ3) is 3.06. The lowest BCUT2D eigenvalue weighted by atomic mass is 10.2. The number of rotatable bonds is 4. The molecule has 0 saturated carbocycles. The van der Waals surface area contributed by atoms with E-state index in [1.807, 2.05) is 0 Å². The molecule has 0 saturated heterocycles. The van der Waals surface area contributed by atoms with Gasteiger partial charge in [0.25, 0.3) is 0 Å². The van der Waals surface area contributed by atoms with E-state index in [9.17, 15) is 9.18 Å². The number of benzene rings is 1. The van der Waals surface area contributed by atoms with E-state index >= 15 is 0 Å². The Hall–Kier alpha value is -2.01. The third-order valence-corrected chi connectivity index (χ3v) is 2.70. The average Bonchev–Trinajstić information content (AvgIpc) is 2.85. The highest BCUT2D eigenvalue weighted by Gasteiger charge is 2.16. The van der Waals surface area contributed by atoms with Crippen LogP contribution < -0.4 is 4.74 Å². The van der Waals surface area contributed by atoms with Crippen LogP contribution in [0.1, 0.15) is 16.1 Å². The zero-order valence-corrected chi connectivity index (χ0v) is 10.7. The molecule has 0 unspecified atom stereocenters. The number of furan rings is 1. The lowest BCUT2D eigenvalue weighted by molar-refractivity contribution is 0.0595. The van der Waals surface area contributed by atoms with Crippen LogP contribution in [0.2, 0.25) is 5.02 Å². The van der Waals surface area contributed by atoms with E-state index < -0.39 is 11.8 Å². The number of carbonyl (C=O) groups excluding carboxylic acids is 1. The molecular formula is C13H10ClFO4. The quantitative estimate of drug-likeness (QED) is 0.807. The van der Waals surface area contributed by atoms with Gasteiger partial charge in [-0.15, -0.1) is 0 Å². The second-order valence-corrected chi connectivity index (χ2v) is 4.02. The van der Waals surface area contributed by atoms with Gasteiger partial charge in [0.2, 0.25) is 0 Å². The monoisotopic (exact) mass is 284 g/mol. The van der Waals surface area contributed by atoms with Crippen LogP contribution in [-0.4, -0.2) is 13.1 Å². The molecule has 2 rings (SSSR count). The fourth-order valence-corrected chi connectivity index (χ4v) is 1.70. The van der Waals surface area contributed by atoms with Gasteiger partial charge >= 0.3 is 5.97 Å². The number of methoxy groups -OCH3 is 1. The number of hydrogen-bond acceptors (Lipinski definition) is 4. The molecule has 1 heterocycles. The normalized spacial score (nSPS) is 10.3. The van der Waals surface area contributed by atoms with Gasteiger partial charge in [-0.25, -0.2) is 9.18 Å². The summed E-state index contributed by atoms with van der Waals surface area (Å²) in [5, 5.41) is 0.145. The molecule has 0 N–H and O–H groups in total. The summed E-state index contributed by atoms with van der Waals surface area (Å²) in [5.74, 6) is -0.356. The van der Waals surface area contributed by atoms with E-state index in [1.165, 1.54) is 31.6 Å². The van der Waals surface area contributed by atoms with Crippen molar-refractivity contribution in [3.8, 4) is 5.75 Å². The predicted octanol–water partition coefficient (Wildman–Crippen LogP) is 3.44. The Balaban J connectivity index is 2.10. The molecule has 1 aromatic heterocycles. The van der Waals surface area contributed by atoms with Gasteiger partial charge in [0.1, 0.15) is 23.7 Å². The highest BCUT2D eigenvalue weighted by atomic mass is 35.5. The first-order valence-corrected chi connectivity index (χ1v) is 5.72. The predicted molar refractivity (Wildman–Crippen MR) is 65.8 cm³/mol. The molecular weight excluding hydrogens is 275 g/mol. The molecule has 2 aromatic rings. The Morgan fingerprint density at radius 1 is 1.42 bits per heavy atom. The first-order valence-electron chi connectivity index (χ1n) is 5.34. The first kappa shape index (κ1) is 13.4. The van der Waals surface area contributed by atoms with Gasteiger partial charge in [-0.2, -0.15) is 0 Å². The number of hydrogen-bond donors (Lipinski definition) is 0. The number of halogens is 2. The van der Waals surface area contributed by atoms with Crippen LogP contribution in [-0.2, 0) is 11.3 Å². The van der Waals surface area contributed by atoms with Gasteiger partial charge in [-0.3, -0.25) is 0 Å². The lowest BCUT2D eigenvalue weighted by Gasteiger charge is -2.07. The van der Waals surface area contributed by atoms with Crippen LogP contribution in [0.15, 0.2) is 34.9 Å². The Morgan fingerprint density at radius 2 is 2.21 bits per heavy atom. The highest BCUT2D eigenvalue weighted by molar-refractivity contribution is 6.32. The van der Waals surface area contributed by atoms with Crippen molar-refractivity contribution in [2.45, 2.75) is 6.61 Å². The number of carbonyl (C=O) groups is 1. The van der Waals surface area contributed by atoms with Crippen molar-refractivity contribution in [3.05, 3.63) is 52.7 Å². The maximum absolute atomic E-state index is 12.9. The molecule has 1 aromatic carbocycles. The van der Waals surface area contributed by atoms with E-state index in [0.717, 1.165) is 6.07 Å². The number of esters is 1. The summed E-state index contributed by atoms with van der Waals surface area (Å²) in [7, 11) is 1.27. The largest absolute Gasteiger partial charge is 0.484 e. The minimum Gasteiger partial charge on any atom is -0.484 e. The molecule has 4 nitrogen and oxygen atoms in total. The molecule has 0 aliphatic heterocycles. The van der Waals surface area contributed by atoms with Gasteiger partial charge in [0.05, 0.1) is 18.4 Å². The Bertz CT molecular complexity index is 594. The minimum atomic E-state index is -0.516. The summed E-state index contributed by atoms with van der Waals surface area (Å²) in [6.45, 7) is -0.0111. The van der Waals surface area contributed by atoms with E-state index in [2.05, 4.69) is 4.74 Å². The number of ether oxygens (including phenoxy) is 2. The van der Waals surface area contributed by atoms with Crippen LogP contribution >= 0.6 is 11.6 Å². The molecule has 0 spiro atoms. The summed E-state index contributed by atoms with van der Waals surface area (Å²) >= 11 is 5.81. The topological polar surface area (TPSA) is 48.7 Å². The second kappa shape index (κ2) is 5.75. The van der Waals surface area contributed by atoms with Gasteiger partial charge in [-0.1, -0.05) is 11.6 Å². The van der Waals surface area contributed by atoms with E-state index in [-0.39, 0.29) is 17.2 Å². The van der Waals surface area contributed by atoms with Gasteiger partial charge in [0, 0.05) is 0 Å². The summed E-state index contributed by atoms with van der Waals surface area (Å²) < 4.78 is 28.0. The zero-order valence-electron chi connectivity index (χ0n) is 9.98. The Kier molecular flexibility index (Phi) is 4.06. The molecule has 6 heteroatoms. The maximum Gasteiger partial charge on any atom is 0.341 e. The van der Waals surface area contributed by atoms with Crippen molar-refractivity contribution in [1.29, 1.82) is 0 Å². The van der Waals surface area contributed by atoms with E-state index in [4.69, 9.17) is 20.8 Å². The molecule has 0 aliphatic rings. The van der Waals surface area contributed by atoms with Crippen molar-refractivity contribution in [2.75, 3.05) is 7.11 Å². The standard InChI is InChI=1S/C13H10ClFO4/c1-17-13(16)9-4-5-18-12(9)7-19-11-3-2-8(15)6-10(11)14/h2-6H,7H2,1H3. The molecule has 0 fully saturated rings. The van der Waals surface area contributed by atoms with Gasteiger partial charge in [0.15, 0.2) is 5.76 Å². The van der Waals surface area contributed by atoms with Crippen LogP contribution in [0.5, 0.6) is 5.75 Å². The Morgan fingerprint density at radius 3 is 2.89 bits per heavy atom. The average molecular weight is 285 g/mol. The summed E-state index contributed by atoms with van der Waals surface area (Å²) in [5.41, 5.74) is 0.278. The van der Waals surface area contributed by atoms with Crippen molar-refractivity contribution in [3.63, 3.8) is 0 Å². The molecule has 0 atom stereocenters. The molecule has 0 bridgehead atoms. The molecule has 0 radical (unpaired) electrons. The Labute approximate surface area is 113 Å². The van der Waals surface area contributed by atoms with Crippen molar-refractivity contribution in [2.24, 2.45) is 0 Å². The van der Waals surface area contributed by atoms with Crippen LogP contribution in [0.4, 0.5) is 4.39 Å². The van der Waals surface area contributed by atoms with Crippen LogP contribution in [0, 0.1) is 5.82 Å². The van der Waals surface area contributed by atoms with Crippen molar-refractivity contribution >= 4 is 17.6 Å². The maximum atomic E-state index is 12.9. The smallest absolute Gasteiger partial charge is 0.341 e. The molecule has 0 aliphatic carbocycles. The third-order valence-electron chi connectivity index (χ3n) is 2.40. The van der Waals surface area contributed by atoms with E-state index in [0.29, 0.717) is 11.5 Å². The summed E-state index contributed by atoms with van der Waals surface area (Å²) in [4.78, 5) is 11.4.